The zero-order chi connectivity index (χ0) is 36.9. The number of halogens is 1. The zero-order valence-corrected chi connectivity index (χ0v) is 32.3. The average molecular weight is 828 g/mol. The summed E-state index contributed by atoms with van der Waals surface area (Å²) < 4.78 is 2.81. The Labute approximate surface area is 331 Å². The molecule has 2 aromatic carbocycles. The molecule has 0 saturated heterocycles. The Morgan fingerprint density at radius 1 is 0.648 bits per heavy atom. The first-order valence-corrected chi connectivity index (χ1v) is 20.1. The number of nitrogens with zero attached hydrogens (tertiary/aromatic N) is 5. The molecule has 13 heteroatoms. The fourth-order valence-electron chi connectivity index (χ4n) is 6.09. The summed E-state index contributed by atoms with van der Waals surface area (Å²) in [7, 11) is 0. The number of nitrogens with one attached hydrogen (secondary N) is 2. The lowest BCUT2D eigenvalue weighted by Gasteiger charge is -2.16. The number of anilines is 2. The molecule has 0 bridgehead atoms. The summed E-state index contributed by atoms with van der Waals surface area (Å²) in [4.78, 5) is 47.4. The third-order valence-corrected chi connectivity index (χ3v) is 11.8. The van der Waals surface area contributed by atoms with Gasteiger partial charge in [0.1, 0.15) is 17.8 Å². The van der Waals surface area contributed by atoms with Crippen LogP contribution < -0.4 is 15.2 Å². The lowest BCUT2D eigenvalue weighted by atomic mass is 9.91. The van der Waals surface area contributed by atoms with Crippen LogP contribution in [0.5, 0.6) is 0 Å². The van der Waals surface area contributed by atoms with Crippen LogP contribution in [0.2, 0.25) is 0 Å². The highest BCUT2D eigenvalue weighted by Gasteiger charge is 2.31. The number of carbonyl (C=O) groups excluding carboxylic acids is 2. The minimum Gasteiger partial charge on any atom is -0.301 e. The summed E-state index contributed by atoms with van der Waals surface area (Å²) in [6.45, 7) is 0. The van der Waals surface area contributed by atoms with Crippen LogP contribution in [0.3, 0.4) is 0 Å². The number of thiazole rings is 2. The van der Waals surface area contributed by atoms with Gasteiger partial charge >= 0.3 is 11.0 Å². The van der Waals surface area contributed by atoms with Gasteiger partial charge < -0.3 is 5.32 Å². The molecule has 2 N–H and O–H groups in total. The average Bonchev–Trinajstić information content (AvgIpc) is 4.00. The van der Waals surface area contributed by atoms with Crippen molar-refractivity contribution in [2.75, 3.05) is 10.6 Å². The first kappa shape index (κ1) is 35.3. The van der Waals surface area contributed by atoms with Crippen LogP contribution in [0.15, 0.2) is 156 Å². The van der Waals surface area contributed by atoms with Crippen LogP contribution in [-0.4, -0.2) is 31.8 Å². The standard InChI is InChI=1S/C41H28BrN7O2S3/c42-32-18-31(21-45-22-32)35-24-49(41(54-35)48-39(51)36(26-6-2-1-3-7-26)29-9-5-16-44-20-29)33-12-10-27(11-13-33)37(30-14-17-52-25-30)38(50)47-40-46-23-34(53-40)28-8-4-15-43-19-28/h1-25,36-37H,(H,46,47,50)/p+1. The molecule has 9 nitrogen and oxygen atoms in total. The highest BCUT2D eigenvalue weighted by molar-refractivity contribution is 9.10. The molecule has 0 radical (unpaired) electrons. The highest BCUT2D eigenvalue weighted by atomic mass is 79.9. The number of rotatable bonds is 11. The summed E-state index contributed by atoms with van der Waals surface area (Å²) in [6, 6.07) is 29.1. The van der Waals surface area contributed by atoms with Gasteiger partial charge in [-0.15, -0.1) is 0 Å². The lowest BCUT2D eigenvalue weighted by molar-refractivity contribution is -0.575. The number of benzene rings is 2. The Balaban J connectivity index is 1.12. The van der Waals surface area contributed by atoms with Gasteiger partial charge in [0.2, 0.25) is 5.91 Å². The molecular formula is C41H29BrN7O2S3+. The van der Waals surface area contributed by atoms with E-state index < -0.39 is 11.8 Å². The third-order valence-electron chi connectivity index (χ3n) is 8.63. The molecule has 0 fully saturated rings. The molecule has 54 heavy (non-hydrogen) atoms. The van der Waals surface area contributed by atoms with E-state index in [0.29, 0.717) is 10.3 Å². The monoisotopic (exact) mass is 826 g/mol. The van der Waals surface area contributed by atoms with E-state index in [1.54, 1.807) is 54.7 Å². The van der Waals surface area contributed by atoms with Crippen LogP contribution >= 0.6 is 49.9 Å². The molecule has 264 valence electrons. The van der Waals surface area contributed by atoms with Gasteiger partial charge in [0.15, 0.2) is 5.13 Å². The summed E-state index contributed by atoms with van der Waals surface area (Å²) >= 11 is 7.94. The van der Waals surface area contributed by atoms with Crippen molar-refractivity contribution in [3.63, 3.8) is 0 Å². The molecule has 0 aliphatic rings. The van der Waals surface area contributed by atoms with E-state index in [1.807, 2.05) is 113 Å². The Kier molecular flexibility index (Phi) is 10.5. The van der Waals surface area contributed by atoms with Crippen molar-refractivity contribution in [1.29, 1.82) is 0 Å². The first-order valence-electron chi connectivity index (χ1n) is 16.7. The summed E-state index contributed by atoms with van der Waals surface area (Å²) in [5, 5.41) is 11.4. The van der Waals surface area contributed by atoms with E-state index in [9.17, 15) is 9.59 Å². The maximum atomic E-state index is 14.3. The minimum atomic E-state index is -0.586. The predicted octanol–water partition coefficient (Wildman–Crippen LogP) is 9.37. The van der Waals surface area contributed by atoms with Crippen LogP contribution in [-0.2, 0) is 9.59 Å². The number of thiophene rings is 1. The molecular weight excluding hydrogens is 799 g/mol. The van der Waals surface area contributed by atoms with Crippen LogP contribution in [0.4, 0.5) is 10.3 Å². The minimum absolute atomic E-state index is 0.184. The Hall–Kier alpha value is -5.73. The number of hydrogen-bond acceptors (Lipinski definition) is 9. The number of carbonyl (C=O) groups is 2. The SMILES string of the molecule is O=C(Nc1ncc(-c2cccnc2)s1)C(c1ccc(-[n+]2cc(-c3cncc(Br)c3)sc2NC(=O)C(c2ccccc2)c2cccnc2)cc1)c1ccsc1. The zero-order valence-electron chi connectivity index (χ0n) is 28.2. The smallest absolute Gasteiger partial charge is 0.301 e. The quantitative estimate of drug-likeness (QED) is 0.126. The van der Waals surface area contributed by atoms with Gasteiger partial charge in [-0.3, -0.25) is 19.7 Å². The second-order valence-electron chi connectivity index (χ2n) is 12.1. The van der Waals surface area contributed by atoms with Crippen molar-refractivity contribution in [2.24, 2.45) is 0 Å². The van der Waals surface area contributed by atoms with E-state index in [2.05, 4.69) is 46.5 Å². The molecule has 0 spiro atoms. The molecule has 2 amide bonds. The fraction of sp³-hybridized carbons (Fsp3) is 0.0488. The Bertz CT molecular complexity index is 2470. The van der Waals surface area contributed by atoms with E-state index in [4.69, 9.17) is 0 Å². The lowest BCUT2D eigenvalue weighted by Crippen LogP contribution is -2.34. The van der Waals surface area contributed by atoms with Crippen LogP contribution in [0.1, 0.15) is 34.1 Å². The molecule has 6 aromatic heterocycles. The van der Waals surface area contributed by atoms with Crippen molar-refractivity contribution in [3.8, 4) is 26.6 Å². The van der Waals surface area contributed by atoms with Crippen molar-refractivity contribution >= 4 is 72.0 Å². The second kappa shape index (κ2) is 16.1. The number of aromatic nitrogens is 5. The van der Waals surface area contributed by atoms with Crippen molar-refractivity contribution in [2.45, 2.75) is 11.8 Å². The molecule has 2 atom stereocenters. The van der Waals surface area contributed by atoms with Crippen molar-refractivity contribution in [3.05, 3.63) is 178 Å². The van der Waals surface area contributed by atoms with Gasteiger partial charge in [-0.1, -0.05) is 65.9 Å². The largest absolute Gasteiger partial charge is 0.347 e. The number of pyridine rings is 3. The first-order chi connectivity index (χ1) is 26.5. The molecule has 0 saturated carbocycles. The highest BCUT2D eigenvalue weighted by Crippen LogP contribution is 2.34. The molecule has 8 aromatic rings. The van der Waals surface area contributed by atoms with Crippen LogP contribution in [0, 0.1) is 0 Å². The van der Waals surface area contributed by atoms with Crippen molar-refractivity contribution in [1.82, 2.24) is 19.9 Å². The van der Waals surface area contributed by atoms with Gasteiger partial charge in [0, 0.05) is 59.0 Å². The van der Waals surface area contributed by atoms with E-state index in [-0.39, 0.29) is 11.8 Å². The molecule has 2 unspecified atom stereocenters. The van der Waals surface area contributed by atoms with E-state index >= 15 is 0 Å². The Morgan fingerprint density at radius 3 is 2.09 bits per heavy atom. The van der Waals surface area contributed by atoms with Gasteiger partial charge in [0.05, 0.1) is 15.7 Å². The summed E-state index contributed by atoms with van der Waals surface area (Å²) in [5.74, 6) is -1.53. The van der Waals surface area contributed by atoms with Crippen molar-refractivity contribution < 1.29 is 14.2 Å². The molecule has 8 rings (SSSR count). The van der Waals surface area contributed by atoms with Gasteiger partial charge in [0.25, 0.3) is 0 Å². The topological polar surface area (TPSA) is 114 Å². The van der Waals surface area contributed by atoms with E-state index in [0.717, 1.165) is 53.3 Å². The third kappa shape index (κ3) is 7.80. The summed E-state index contributed by atoms with van der Waals surface area (Å²) in [6.07, 6.45) is 14.2. The molecule has 6 heterocycles. The maximum absolute atomic E-state index is 14.3. The predicted molar refractivity (Wildman–Crippen MR) is 218 cm³/mol. The molecule has 0 aliphatic carbocycles. The fourth-order valence-corrected chi connectivity index (χ4v) is 8.96. The Morgan fingerprint density at radius 2 is 1.37 bits per heavy atom. The number of amides is 2. The molecule has 0 aliphatic heterocycles. The van der Waals surface area contributed by atoms with E-state index in [1.165, 1.54) is 22.7 Å². The van der Waals surface area contributed by atoms with Gasteiger partial charge in [-0.2, -0.15) is 21.2 Å². The number of hydrogen-bond donors (Lipinski definition) is 2. The maximum Gasteiger partial charge on any atom is 0.347 e. The van der Waals surface area contributed by atoms with Gasteiger partial charge in [-0.05, 0) is 96.7 Å². The van der Waals surface area contributed by atoms with Crippen LogP contribution in [0.25, 0.3) is 26.6 Å². The normalized spacial score (nSPS) is 12.2. The second-order valence-corrected chi connectivity index (χ2v) is 15.9. The van der Waals surface area contributed by atoms with Gasteiger partial charge in [-0.25, -0.2) is 9.78 Å². The summed E-state index contributed by atoms with van der Waals surface area (Å²) in [5.41, 5.74) is 5.99.